The van der Waals surface area contributed by atoms with Crippen LogP contribution < -0.4 is 10.6 Å². The second kappa shape index (κ2) is 7.83. The fourth-order valence-corrected chi connectivity index (χ4v) is 2.09. The zero-order valence-corrected chi connectivity index (χ0v) is 13.5. The Hall–Kier alpha value is -2.83. The molecule has 25 heavy (non-hydrogen) atoms. The molecule has 0 spiro atoms. The Bertz CT molecular complexity index is 738. The summed E-state index contributed by atoms with van der Waals surface area (Å²) in [6.45, 7) is 2.04. The minimum absolute atomic E-state index is 0.102. The first kappa shape index (κ1) is 18.5. The Kier molecular flexibility index (Phi) is 5.80. The Morgan fingerprint density at radius 3 is 2.12 bits per heavy atom. The molecule has 2 N–H and O–H groups in total. The number of hydrogen-bond acceptors (Lipinski definition) is 2. The van der Waals surface area contributed by atoms with E-state index in [2.05, 4.69) is 10.6 Å². The van der Waals surface area contributed by atoms with Crippen molar-refractivity contribution < 1.29 is 22.8 Å². The van der Waals surface area contributed by atoms with Gasteiger partial charge in [0.1, 0.15) is 0 Å². The quantitative estimate of drug-likeness (QED) is 0.785. The summed E-state index contributed by atoms with van der Waals surface area (Å²) in [5.41, 5.74) is 1.05. The molecule has 0 unspecified atom stereocenters. The normalized spacial score (nSPS) is 11.0. The van der Waals surface area contributed by atoms with Crippen molar-refractivity contribution in [2.75, 3.05) is 11.9 Å². The van der Waals surface area contributed by atoms with Crippen molar-refractivity contribution in [3.8, 4) is 0 Å². The van der Waals surface area contributed by atoms with Gasteiger partial charge in [-0.2, -0.15) is 13.2 Å². The summed E-state index contributed by atoms with van der Waals surface area (Å²) in [6, 6.07) is 10.6. The highest BCUT2D eigenvalue weighted by atomic mass is 19.4. The first-order valence-corrected chi connectivity index (χ1v) is 7.58. The lowest BCUT2D eigenvalue weighted by Crippen LogP contribution is -2.30. The lowest BCUT2D eigenvalue weighted by atomic mass is 10.1. The summed E-state index contributed by atoms with van der Waals surface area (Å²) in [5, 5.41) is 4.91. The van der Waals surface area contributed by atoms with Gasteiger partial charge in [-0.05, 0) is 31.2 Å². The molecular weight excluding hydrogens is 333 g/mol. The van der Waals surface area contributed by atoms with Crippen LogP contribution in [-0.4, -0.2) is 18.4 Å². The first-order chi connectivity index (χ1) is 11.8. The molecule has 0 fully saturated rings. The third-order valence-electron chi connectivity index (χ3n) is 3.48. The number of Topliss-reactive ketones (excluding diaryl/α,β-unsaturated/α-hetero) is 1. The summed E-state index contributed by atoms with van der Waals surface area (Å²) in [4.78, 5) is 23.7. The number of ketones is 1. The molecule has 132 valence electrons. The number of benzene rings is 2. The van der Waals surface area contributed by atoms with E-state index in [9.17, 15) is 22.8 Å². The molecule has 0 saturated heterocycles. The number of hydrogen-bond donors (Lipinski definition) is 2. The number of aryl methyl sites for hydroxylation is 1. The molecule has 2 rings (SSSR count). The lowest BCUT2D eigenvalue weighted by molar-refractivity contribution is -0.137. The minimum atomic E-state index is -4.42. The SMILES string of the molecule is Cc1ccc(C(=O)CCNC(=O)Nc2ccc(C(F)(F)F)cc2)cc1. The molecule has 4 nitrogen and oxygen atoms in total. The molecule has 2 aromatic carbocycles. The molecule has 0 aliphatic carbocycles. The number of carbonyl (C=O) groups excluding carboxylic acids is 2. The highest BCUT2D eigenvalue weighted by Gasteiger charge is 2.29. The van der Waals surface area contributed by atoms with Crippen molar-refractivity contribution in [1.82, 2.24) is 5.32 Å². The van der Waals surface area contributed by atoms with Gasteiger partial charge in [0, 0.05) is 24.2 Å². The molecule has 2 aromatic rings. The van der Waals surface area contributed by atoms with E-state index in [1.54, 1.807) is 12.1 Å². The number of carbonyl (C=O) groups is 2. The number of urea groups is 1. The van der Waals surface area contributed by atoms with Crippen molar-refractivity contribution in [2.45, 2.75) is 19.5 Å². The van der Waals surface area contributed by atoms with Crippen LogP contribution >= 0.6 is 0 Å². The lowest BCUT2D eigenvalue weighted by Gasteiger charge is -2.09. The number of alkyl halides is 3. The maximum Gasteiger partial charge on any atom is 0.416 e. The van der Waals surface area contributed by atoms with Crippen LogP contribution in [0.3, 0.4) is 0 Å². The smallest absolute Gasteiger partial charge is 0.337 e. The zero-order chi connectivity index (χ0) is 18.4. The van der Waals surface area contributed by atoms with Crippen LogP contribution in [0, 0.1) is 6.92 Å². The molecule has 0 heterocycles. The van der Waals surface area contributed by atoms with E-state index in [4.69, 9.17) is 0 Å². The average Bonchev–Trinajstić information content (AvgIpc) is 2.55. The minimum Gasteiger partial charge on any atom is -0.337 e. The van der Waals surface area contributed by atoms with Crippen LogP contribution in [-0.2, 0) is 6.18 Å². The molecule has 0 radical (unpaired) electrons. The van der Waals surface area contributed by atoms with Crippen LogP contribution in [0.25, 0.3) is 0 Å². The van der Waals surface area contributed by atoms with Gasteiger partial charge in [0.25, 0.3) is 0 Å². The van der Waals surface area contributed by atoms with Crippen LogP contribution in [0.5, 0.6) is 0 Å². The highest BCUT2D eigenvalue weighted by molar-refractivity contribution is 5.96. The van der Waals surface area contributed by atoms with E-state index in [1.165, 1.54) is 12.1 Å². The van der Waals surface area contributed by atoms with Gasteiger partial charge in [-0.3, -0.25) is 4.79 Å². The number of anilines is 1. The van der Waals surface area contributed by atoms with Gasteiger partial charge >= 0.3 is 12.2 Å². The summed E-state index contributed by atoms with van der Waals surface area (Å²) in [7, 11) is 0. The maximum absolute atomic E-state index is 12.5. The van der Waals surface area contributed by atoms with Crippen molar-refractivity contribution in [3.05, 3.63) is 65.2 Å². The maximum atomic E-state index is 12.5. The van der Waals surface area contributed by atoms with E-state index in [1.807, 2.05) is 19.1 Å². The standard InChI is InChI=1S/C18H17F3N2O2/c1-12-2-4-13(5-3-12)16(24)10-11-22-17(25)23-15-8-6-14(7-9-15)18(19,20)21/h2-9H,10-11H2,1H3,(H2,22,23,25). The summed E-state index contributed by atoms with van der Waals surface area (Å²) >= 11 is 0. The Labute approximate surface area is 143 Å². The van der Waals surface area contributed by atoms with E-state index < -0.39 is 17.8 Å². The van der Waals surface area contributed by atoms with Gasteiger partial charge in [-0.15, -0.1) is 0 Å². The van der Waals surface area contributed by atoms with Gasteiger partial charge in [0.15, 0.2) is 5.78 Å². The highest BCUT2D eigenvalue weighted by Crippen LogP contribution is 2.29. The van der Waals surface area contributed by atoms with Gasteiger partial charge in [0.2, 0.25) is 0 Å². The average molecular weight is 350 g/mol. The Morgan fingerprint density at radius 1 is 0.960 bits per heavy atom. The summed E-state index contributed by atoms with van der Waals surface area (Å²) in [5.74, 6) is -0.102. The third kappa shape index (κ3) is 5.63. The third-order valence-corrected chi connectivity index (χ3v) is 3.48. The molecule has 0 saturated carbocycles. The van der Waals surface area contributed by atoms with E-state index in [-0.39, 0.29) is 24.4 Å². The molecule has 0 aromatic heterocycles. The fourth-order valence-electron chi connectivity index (χ4n) is 2.09. The van der Waals surface area contributed by atoms with Crippen molar-refractivity contribution in [1.29, 1.82) is 0 Å². The number of amides is 2. The molecule has 0 bridgehead atoms. The van der Waals surface area contributed by atoms with Crippen molar-refractivity contribution in [3.63, 3.8) is 0 Å². The first-order valence-electron chi connectivity index (χ1n) is 7.58. The number of nitrogens with one attached hydrogen (secondary N) is 2. The summed E-state index contributed by atoms with van der Waals surface area (Å²) < 4.78 is 37.4. The van der Waals surface area contributed by atoms with Crippen LogP contribution in [0.1, 0.15) is 27.9 Å². The number of halogens is 3. The predicted molar refractivity (Wildman–Crippen MR) is 88.6 cm³/mol. The molecule has 0 aliphatic rings. The predicted octanol–water partition coefficient (Wildman–Crippen LogP) is 4.41. The molecular formula is C18H17F3N2O2. The van der Waals surface area contributed by atoms with Crippen molar-refractivity contribution >= 4 is 17.5 Å². The van der Waals surface area contributed by atoms with E-state index >= 15 is 0 Å². The van der Waals surface area contributed by atoms with Gasteiger partial charge in [0.05, 0.1) is 5.56 Å². The largest absolute Gasteiger partial charge is 0.416 e. The monoisotopic (exact) mass is 350 g/mol. The van der Waals surface area contributed by atoms with E-state index in [0.29, 0.717) is 5.56 Å². The zero-order valence-electron chi connectivity index (χ0n) is 13.5. The molecule has 2 amide bonds. The molecule has 0 atom stereocenters. The summed E-state index contributed by atoms with van der Waals surface area (Å²) in [6.07, 6.45) is -4.29. The van der Waals surface area contributed by atoms with Gasteiger partial charge in [-0.1, -0.05) is 29.8 Å². The topological polar surface area (TPSA) is 58.2 Å². The van der Waals surface area contributed by atoms with Gasteiger partial charge in [-0.25, -0.2) is 4.79 Å². The Morgan fingerprint density at radius 2 is 1.56 bits per heavy atom. The van der Waals surface area contributed by atoms with Gasteiger partial charge < -0.3 is 10.6 Å². The van der Waals surface area contributed by atoms with E-state index in [0.717, 1.165) is 17.7 Å². The number of rotatable bonds is 5. The van der Waals surface area contributed by atoms with Crippen LogP contribution in [0.15, 0.2) is 48.5 Å². The second-order valence-electron chi connectivity index (χ2n) is 5.50. The molecule has 0 aliphatic heterocycles. The second-order valence-corrected chi connectivity index (χ2v) is 5.50. The van der Waals surface area contributed by atoms with Crippen LogP contribution in [0.4, 0.5) is 23.7 Å². The molecule has 7 heteroatoms. The van der Waals surface area contributed by atoms with Crippen molar-refractivity contribution in [2.24, 2.45) is 0 Å². The Balaban J connectivity index is 1.79. The fraction of sp³-hybridized carbons (Fsp3) is 0.222. The van der Waals surface area contributed by atoms with Crippen LogP contribution in [0.2, 0.25) is 0 Å².